The Morgan fingerprint density at radius 2 is 2.04 bits per heavy atom. The number of rotatable bonds is 6. The molecule has 0 aliphatic heterocycles. The van der Waals surface area contributed by atoms with Crippen molar-refractivity contribution in [3.05, 3.63) is 34.6 Å². The van der Waals surface area contributed by atoms with Crippen LogP contribution < -0.4 is 16.2 Å². The number of carbonyl (C=O) groups excluding carboxylic acids is 3. The second-order valence-corrected chi connectivity index (χ2v) is 6.25. The minimum atomic E-state index is -1.14. The van der Waals surface area contributed by atoms with Gasteiger partial charge in [0.05, 0.1) is 18.4 Å². The van der Waals surface area contributed by atoms with E-state index in [1.54, 1.807) is 24.3 Å². The van der Waals surface area contributed by atoms with Crippen LogP contribution in [0.5, 0.6) is 0 Å². The number of nitrogens with one attached hydrogen (secondary N) is 2. The first-order valence-electron chi connectivity index (χ1n) is 8.57. The maximum absolute atomic E-state index is 12.3. The van der Waals surface area contributed by atoms with Crippen LogP contribution in [0.15, 0.2) is 29.1 Å². The quantitative estimate of drug-likeness (QED) is 0.686. The number of hydrogen-bond acceptors (Lipinski definition) is 7. The number of amides is 3. The Kier molecular flexibility index (Phi) is 5.43. The third kappa shape index (κ3) is 4.87. The summed E-state index contributed by atoms with van der Waals surface area (Å²) < 4.78 is 6.06. The summed E-state index contributed by atoms with van der Waals surface area (Å²) in [6.45, 7) is 1.33. The van der Waals surface area contributed by atoms with Gasteiger partial charge in [-0.3, -0.25) is 19.7 Å². The molecule has 1 saturated carbocycles. The molecule has 1 atom stereocenters. The molecule has 27 heavy (non-hydrogen) atoms. The molecule has 0 spiro atoms. The van der Waals surface area contributed by atoms with Crippen molar-refractivity contribution in [1.29, 1.82) is 0 Å². The van der Waals surface area contributed by atoms with Crippen LogP contribution in [0.25, 0.3) is 10.9 Å². The van der Waals surface area contributed by atoms with Gasteiger partial charge in [-0.25, -0.2) is 9.48 Å². The standard InChI is InChI=1S/C17H19N5O5/c1-10(15(24)19-17(26)18-11-6-7-11)27-14(23)8-9-22-16(25)12-4-2-3-5-13(12)20-21-22/h2-5,10-11H,6-9H2,1H3,(H2,18,19,24,26). The Morgan fingerprint density at radius 1 is 1.30 bits per heavy atom. The molecule has 3 amide bonds. The molecular formula is C17H19N5O5. The first kappa shape index (κ1) is 18.5. The number of aryl methyl sites for hydroxylation is 1. The number of imide groups is 1. The summed E-state index contributed by atoms with van der Waals surface area (Å²) in [6, 6.07) is 6.25. The molecule has 2 aromatic rings. The maximum Gasteiger partial charge on any atom is 0.321 e. The van der Waals surface area contributed by atoms with Crippen molar-refractivity contribution in [2.24, 2.45) is 0 Å². The summed E-state index contributed by atoms with van der Waals surface area (Å²) in [5, 5.41) is 12.8. The highest BCUT2D eigenvalue weighted by Crippen LogP contribution is 2.18. The van der Waals surface area contributed by atoms with Gasteiger partial charge in [0, 0.05) is 6.04 Å². The maximum atomic E-state index is 12.3. The average Bonchev–Trinajstić information content (AvgIpc) is 3.45. The lowest BCUT2D eigenvalue weighted by Crippen LogP contribution is -2.45. The van der Waals surface area contributed by atoms with E-state index in [2.05, 4.69) is 20.9 Å². The van der Waals surface area contributed by atoms with Crippen LogP contribution in [-0.2, 0) is 20.9 Å². The van der Waals surface area contributed by atoms with Crippen LogP contribution in [0.1, 0.15) is 26.2 Å². The highest BCUT2D eigenvalue weighted by molar-refractivity contribution is 5.97. The van der Waals surface area contributed by atoms with Gasteiger partial charge >= 0.3 is 12.0 Å². The van der Waals surface area contributed by atoms with Crippen LogP contribution >= 0.6 is 0 Å². The molecule has 3 rings (SSSR count). The van der Waals surface area contributed by atoms with Gasteiger partial charge in [0.15, 0.2) is 6.10 Å². The Balaban J connectivity index is 1.50. The van der Waals surface area contributed by atoms with Gasteiger partial charge in [-0.15, -0.1) is 5.10 Å². The summed E-state index contributed by atoms with van der Waals surface area (Å²) in [4.78, 5) is 47.6. The third-order valence-corrected chi connectivity index (χ3v) is 3.98. The largest absolute Gasteiger partial charge is 0.452 e. The van der Waals surface area contributed by atoms with E-state index in [0.717, 1.165) is 17.5 Å². The predicted molar refractivity (Wildman–Crippen MR) is 93.7 cm³/mol. The minimum absolute atomic E-state index is 0.0357. The first-order chi connectivity index (χ1) is 12.9. The summed E-state index contributed by atoms with van der Waals surface area (Å²) in [5.74, 6) is -1.41. The molecule has 1 aliphatic rings. The zero-order valence-corrected chi connectivity index (χ0v) is 14.7. The van der Waals surface area contributed by atoms with Gasteiger partial charge in [-0.2, -0.15) is 0 Å². The van der Waals surface area contributed by atoms with Gasteiger partial charge in [0.25, 0.3) is 11.5 Å². The molecule has 1 aliphatic carbocycles. The van der Waals surface area contributed by atoms with Gasteiger partial charge in [0.1, 0.15) is 5.52 Å². The fourth-order valence-corrected chi connectivity index (χ4v) is 2.34. The summed E-state index contributed by atoms with van der Waals surface area (Å²) in [6.07, 6.45) is 0.479. The number of hydrogen-bond donors (Lipinski definition) is 2. The predicted octanol–water partition coefficient (Wildman–Crippen LogP) is 0.102. The summed E-state index contributed by atoms with van der Waals surface area (Å²) in [7, 11) is 0. The van der Waals surface area contributed by atoms with Gasteiger partial charge in [-0.1, -0.05) is 17.3 Å². The highest BCUT2D eigenvalue weighted by atomic mass is 16.5. The normalized spacial score (nSPS) is 14.4. The fourth-order valence-electron chi connectivity index (χ4n) is 2.34. The zero-order valence-electron chi connectivity index (χ0n) is 14.7. The molecule has 1 fully saturated rings. The minimum Gasteiger partial charge on any atom is -0.452 e. The lowest BCUT2D eigenvalue weighted by Gasteiger charge is -2.13. The van der Waals surface area contributed by atoms with E-state index in [-0.39, 0.29) is 24.6 Å². The molecule has 10 heteroatoms. The van der Waals surface area contributed by atoms with Gasteiger partial charge in [0.2, 0.25) is 0 Å². The number of urea groups is 1. The summed E-state index contributed by atoms with van der Waals surface area (Å²) >= 11 is 0. The van der Waals surface area contributed by atoms with E-state index < -0.39 is 24.0 Å². The Bertz CT molecular complexity index is 937. The van der Waals surface area contributed by atoms with Crippen molar-refractivity contribution in [3.8, 4) is 0 Å². The van der Waals surface area contributed by atoms with Crippen LogP contribution in [0.4, 0.5) is 4.79 Å². The fraction of sp³-hybridized carbons (Fsp3) is 0.412. The van der Waals surface area contributed by atoms with E-state index in [1.165, 1.54) is 6.92 Å². The molecule has 2 N–H and O–H groups in total. The van der Waals surface area contributed by atoms with Crippen molar-refractivity contribution in [2.75, 3.05) is 0 Å². The lowest BCUT2D eigenvalue weighted by atomic mass is 10.2. The smallest absolute Gasteiger partial charge is 0.321 e. The topological polar surface area (TPSA) is 132 Å². The van der Waals surface area contributed by atoms with Crippen LogP contribution in [0.2, 0.25) is 0 Å². The molecule has 1 aromatic carbocycles. The molecule has 1 aromatic heterocycles. The number of ether oxygens (including phenoxy) is 1. The van der Waals surface area contributed by atoms with Gasteiger partial charge in [-0.05, 0) is 31.9 Å². The van der Waals surface area contributed by atoms with E-state index in [4.69, 9.17) is 4.74 Å². The number of fused-ring (bicyclic) bond motifs is 1. The highest BCUT2D eigenvalue weighted by Gasteiger charge is 2.26. The number of aromatic nitrogens is 3. The monoisotopic (exact) mass is 373 g/mol. The zero-order chi connectivity index (χ0) is 19.4. The first-order valence-corrected chi connectivity index (χ1v) is 8.57. The van der Waals surface area contributed by atoms with E-state index in [1.807, 2.05) is 0 Å². The number of benzene rings is 1. The Labute approximate surface area is 153 Å². The Morgan fingerprint density at radius 3 is 2.78 bits per heavy atom. The van der Waals surface area contributed by atoms with E-state index in [9.17, 15) is 19.2 Å². The third-order valence-electron chi connectivity index (χ3n) is 3.98. The molecule has 1 heterocycles. The molecule has 0 bridgehead atoms. The van der Waals surface area contributed by atoms with Crippen LogP contribution in [0.3, 0.4) is 0 Å². The van der Waals surface area contributed by atoms with Crippen molar-refractivity contribution in [1.82, 2.24) is 25.6 Å². The molecule has 142 valence electrons. The van der Waals surface area contributed by atoms with Crippen molar-refractivity contribution < 1.29 is 19.1 Å². The van der Waals surface area contributed by atoms with Crippen molar-refractivity contribution in [3.63, 3.8) is 0 Å². The average molecular weight is 373 g/mol. The van der Waals surface area contributed by atoms with Crippen molar-refractivity contribution >= 4 is 28.8 Å². The number of esters is 1. The molecule has 10 nitrogen and oxygen atoms in total. The molecule has 1 unspecified atom stereocenters. The molecule has 0 radical (unpaired) electrons. The van der Waals surface area contributed by atoms with Crippen LogP contribution in [0, 0.1) is 0 Å². The number of carbonyl (C=O) groups is 3. The SMILES string of the molecule is CC(OC(=O)CCn1nnc2ccccc2c1=O)C(=O)NC(=O)NC1CC1. The van der Waals surface area contributed by atoms with E-state index >= 15 is 0 Å². The summed E-state index contributed by atoms with van der Waals surface area (Å²) in [5.41, 5.74) is 0.104. The van der Waals surface area contributed by atoms with Gasteiger partial charge < -0.3 is 10.1 Å². The van der Waals surface area contributed by atoms with Crippen LogP contribution in [-0.4, -0.2) is 45.0 Å². The Hall–Kier alpha value is -3.30. The number of nitrogens with zero attached hydrogens (tertiary/aromatic N) is 3. The lowest BCUT2D eigenvalue weighted by molar-refractivity contribution is -0.154. The van der Waals surface area contributed by atoms with E-state index in [0.29, 0.717) is 10.9 Å². The second kappa shape index (κ2) is 7.94. The molecular weight excluding hydrogens is 354 g/mol. The second-order valence-electron chi connectivity index (χ2n) is 6.25. The molecule has 0 saturated heterocycles. The van der Waals surface area contributed by atoms with Crippen molar-refractivity contribution in [2.45, 2.75) is 44.9 Å².